The summed E-state index contributed by atoms with van der Waals surface area (Å²) in [7, 11) is 1.48. The number of halogens is 1. The Kier molecular flexibility index (Phi) is 7.15. The monoisotopic (exact) mass is 605 g/mol. The number of thioether (sulfide) groups is 1. The van der Waals surface area contributed by atoms with Crippen LogP contribution in [0.25, 0.3) is 17.3 Å². The van der Waals surface area contributed by atoms with Crippen molar-refractivity contribution in [2.45, 2.75) is 64.2 Å². The Balaban J connectivity index is 1.46. The second kappa shape index (κ2) is 10.4. The number of nitrogens with zero attached hydrogens (tertiary/aromatic N) is 2. The first-order valence-corrected chi connectivity index (χ1v) is 15.8. The molecule has 9 heteroatoms. The third-order valence-electron chi connectivity index (χ3n) is 8.84. The number of fused-ring (bicyclic) bond motifs is 6. The molecule has 0 bridgehead atoms. The lowest BCUT2D eigenvalue weighted by atomic mass is 9.50. The molecule has 212 valence electrons. The van der Waals surface area contributed by atoms with Gasteiger partial charge in [-0.15, -0.1) is 0 Å². The first kappa shape index (κ1) is 28.2. The molecular formula is C32H32ClN3O3S2. The Hall–Kier alpha value is -2.94. The van der Waals surface area contributed by atoms with Gasteiger partial charge in [-0.3, -0.25) is 9.59 Å². The van der Waals surface area contributed by atoms with Crippen LogP contribution in [0.1, 0.15) is 80.4 Å². The van der Waals surface area contributed by atoms with E-state index in [-0.39, 0.29) is 23.2 Å². The molecule has 2 fully saturated rings. The van der Waals surface area contributed by atoms with Gasteiger partial charge in [-0.05, 0) is 72.3 Å². The molecule has 0 spiro atoms. The highest BCUT2D eigenvalue weighted by atomic mass is 35.5. The molecule has 1 saturated carbocycles. The molecule has 1 unspecified atom stereocenters. The zero-order chi connectivity index (χ0) is 29.1. The van der Waals surface area contributed by atoms with Crippen molar-refractivity contribution >= 4 is 63.0 Å². The number of esters is 1. The number of hydrogen-bond acceptors (Lipinski definition) is 7. The van der Waals surface area contributed by atoms with Crippen LogP contribution >= 0.6 is 34.7 Å². The van der Waals surface area contributed by atoms with E-state index in [2.05, 4.69) is 44.3 Å². The zero-order valence-corrected chi connectivity index (χ0v) is 26.1. The molecule has 0 radical (unpaired) electrons. The van der Waals surface area contributed by atoms with Gasteiger partial charge in [0.05, 0.1) is 23.1 Å². The minimum absolute atomic E-state index is 0.100. The smallest absolute Gasteiger partial charge is 0.312 e. The number of benzene rings is 2. The molecular weight excluding hydrogens is 574 g/mol. The fraction of sp³-hybridized carbons (Fsp3) is 0.375. The largest absolute Gasteiger partial charge is 0.469 e. The van der Waals surface area contributed by atoms with Gasteiger partial charge in [0, 0.05) is 26.8 Å². The van der Waals surface area contributed by atoms with E-state index in [1.807, 2.05) is 25.1 Å². The highest BCUT2D eigenvalue weighted by Crippen LogP contribution is 2.65. The van der Waals surface area contributed by atoms with Crippen LogP contribution in [0.2, 0.25) is 5.02 Å². The van der Waals surface area contributed by atoms with Gasteiger partial charge in [0.15, 0.2) is 5.17 Å². The van der Waals surface area contributed by atoms with Gasteiger partial charge in [-0.25, -0.2) is 4.98 Å². The van der Waals surface area contributed by atoms with Gasteiger partial charge >= 0.3 is 5.97 Å². The van der Waals surface area contributed by atoms with Crippen LogP contribution < -0.4 is 5.32 Å². The van der Waals surface area contributed by atoms with Crippen molar-refractivity contribution in [1.29, 1.82) is 0 Å². The number of carbonyl (C=O) groups is 2. The maximum atomic E-state index is 13.4. The summed E-state index contributed by atoms with van der Waals surface area (Å²) >= 11 is 9.09. The fourth-order valence-electron chi connectivity index (χ4n) is 6.81. The lowest BCUT2D eigenvalue weighted by Gasteiger charge is -2.53. The van der Waals surface area contributed by atoms with Crippen LogP contribution in [0, 0.1) is 5.41 Å². The van der Waals surface area contributed by atoms with Crippen molar-refractivity contribution < 1.29 is 14.3 Å². The highest BCUT2D eigenvalue weighted by Gasteiger charge is 2.58. The summed E-state index contributed by atoms with van der Waals surface area (Å²) in [5, 5.41) is 4.48. The van der Waals surface area contributed by atoms with Crippen molar-refractivity contribution in [3.8, 4) is 11.3 Å². The van der Waals surface area contributed by atoms with E-state index in [0.29, 0.717) is 26.1 Å². The van der Waals surface area contributed by atoms with E-state index in [4.69, 9.17) is 26.3 Å². The van der Waals surface area contributed by atoms with E-state index >= 15 is 0 Å². The number of thiazole rings is 1. The normalized spacial score (nSPS) is 27.0. The number of amides is 1. The maximum Gasteiger partial charge on any atom is 0.312 e. The van der Waals surface area contributed by atoms with E-state index in [9.17, 15) is 9.59 Å². The van der Waals surface area contributed by atoms with Gasteiger partial charge in [-0.1, -0.05) is 80.5 Å². The van der Waals surface area contributed by atoms with Gasteiger partial charge < -0.3 is 10.1 Å². The highest BCUT2D eigenvalue weighted by molar-refractivity contribution is 8.18. The molecule has 1 N–H and O–H groups in total. The molecule has 3 aliphatic rings. The SMILES string of the molecule is COC(=O)[C@]1(C)CCC[C@]2(C)c3ccc(C(C)C)cc3-c3nc(/N=C4\NC(=O)/C(=C/c5ccccc5Cl)S4)sc3C12. The second-order valence-electron chi connectivity index (χ2n) is 11.8. The Bertz CT molecular complexity index is 1640. The van der Waals surface area contributed by atoms with Crippen molar-refractivity contribution in [3.05, 3.63) is 74.0 Å². The number of ether oxygens (including phenoxy) is 1. The van der Waals surface area contributed by atoms with Crippen LogP contribution in [0.3, 0.4) is 0 Å². The number of aliphatic imine (C=N–C) groups is 1. The summed E-state index contributed by atoms with van der Waals surface area (Å²) in [6.45, 7) is 8.72. The lowest BCUT2D eigenvalue weighted by Crippen LogP contribution is -2.50. The molecule has 2 aromatic carbocycles. The molecule has 2 aliphatic carbocycles. The molecule has 6 nitrogen and oxygen atoms in total. The summed E-state index contributed by atoms with van der Waals surface area (Å²) in [6, 6.07) is 14.1. The summed E-state index contributed by atoms with van der Waals surface area (Å²) in [4.78, 5) is 37.6. The van der Waals surface area contributed by atoms with Crippen molar-refractivity contribution in [2.24, 2.45) is 10.4 Å². The van der Waals surface area contributed by atoms with E-state index in [0.717, 1.165) is 41.0 Å². The number of aromatic nitrogens is 1. The second-order valence-corrected chi connectivity index (χ2v) is 14.2. The number of amidine groups is 1. The van der Waals surface area contributed by atoms with Crippen LogP contribution in [-0.2, 0) is 19.7 Å². The molecule has 1 amide bonds. The molecule has 1 aliphatic heterocycles. The number of methoxy groups -OCH3 is 1. The first-order chi connectivity index (χ1) is 19.5. The predicted octanol–water partition coefficient (Wildman–Crippen LogP) is 8.20. The molecule has 6 rings (SSSR count). The predicted molar refractivity (Wildman–Crippen MR) is 168 cm³/mol. The van der Waals surface area contributed by atoms with Crippen LogP contribution in [0.4, 0.5) is 5.13 Å². The minimum atomic E-state index is -0.691. The summed E-state index contributed by atoms with van der Waals surface area (Å²) < 4.78 is 5.39. The molecule has 41 heavy (non-hydrogen) atoms. The Morgan fingerprint density at radius 1 is 1.22 bits per heavy atom. The Morgan fingerprint density at radius 2 is 2.00 bits per heavy atom. The van der Waals surface area contributed by atoms with Gasteiger partial charge in [-0.2, -0.15) is 4.99 Å². The number of carbonyl (C=O) groups excluding carboxylic acids is 2. The number of rotatable bonds is 4. The topological polar surface area (TPSA) is 80.7 Å². The average molecular weight is 606 g/mol. The standard InChI is InChI=1S/C32H32ClN3O3S2/c1-17(2)18-11-12-21-20(15-18)24-25(26-31(21,3)13-8-14-32(26,4)28(38)39-5)41-29(34-24)36-30-35-27(37)23(40-30)16-19-9-6-7-10-22(19)33/h6-7,9-12,15-17,26H,8,13-14H2,1-5H3,(H,34,35,36,37)/b23-16-/t26?,31-,32-/m1/s1. The van der Waals surface area contributed by atoms with Crippen LogP contribution in [0.15, 0.2) is 52.4 Å². The van der Waals surface area contributed by atoms with Crippen molar-refractivity contribution in [1.82, 2.24) is 10.3 Å². The Labute approximate surface area is 253 Å². The summed E-state index contributed by atoms with van der Waals surface area (Å²) in [6.07, 6.45) is 4.44. The maximum absolute atomic E-state index is 13.4. The van der Waals surface area contributed by atoms with Gasteiger partial charge in [0.25, 0.3) is 5.91 Å². The molecule has 3 atom stereocenters. The Morgan fingerprint density at radius 3 is 2.73 bits per heavy atom. The first-order valence-electron chi connectivity index (χ1n) is 13.8. The lowest BCUT2D eigenvalue weighted by molar-refractivity contribution is -0.157. The molecule has 1 aromatic heterocycles. The quantitative estimate of drug-likeness (QED) is 0.239. The minimum Gasteiger partial charge on any atom is -0.469 e. The molecule has 3 aromatic rings. The van der Waals surface area contributed by atoms with Crippen molar-refractivity contribution in [2.75, 3.05) is 7.11 Å². The zero-order valence-electron chi connectivity index (χ0n) is 23.7. The third kappa shape index (κ3) is 4.64. The van der Waals surface area contributed by atoms with E-state index in [1.165, 1.54) is 41.3 Å². The average Bonchev–Trinajstić information content (AvgIpc) is 3.51. The van der Waals surface area contributed by atoms with Crippen LogP contribution in [-0.4, -0.2) is 29.1 Å². The third-order valence-corrected chi connectivity index (χ3v) is 11.1. The number of hydrogen-bond donors (Lipinski definition) is 1. The number of nitrogens with one attached hydrogen (secondary N) is 1. The summed E-state index contributed by atoms with van der Waals surface area (Å²) in [5.74, 6) is -0.139. The van der Waals surface area contributed by atoms with E-state index in [1.54, 1.807) is 12.1 Å². The molecule has 2 heterocycles. The van der Waals surface area contributed by atoms with E-state index < -0.39 is 5.41 Å². The summed E-state index contributed by atoms with van der Waals surface area (Å²) in [5.41, 5.74) is 4.30. The fourth-order valence-corrected chi connectivity index (χ4v) is 9.23. The van der Waals surface area contributed by atoms with Gasteiger partial charge in [0.1, 0.15) is 0 Å². The van der Waals surface area contributed by atoms with Crippen LogP contribution in [0.5, 0.6) is 0 Å². The van der Waals surface area contributed by atoms with Gasteiger partial charge in [0.2, 0.25) is 5.13 Å². The molecule has 1 saturated heterocycles. The van der Waals surface area contributed by atoms with Crippen molar-refractivity contribution in [3.63, 3.8) is 0 Å².